The molecule has 2 N–H and O–H groups in total. The van der Waals surface area contributed by atoms with Crippen LogP contribution < -0.4 is 5.32 Å². The van der Waals surface area contributed by atoms with E-state index in [1.54, 1.807) is 25.1 Å². The smallest absolute Gasteiger partial charge is 0.411 e. The van der Waals surface area contributed by atoms with Gasteiger partial charge in [0.1, 0.15) is 5.75 Å². The molecular formula is C13H13NO3. The third-order valence-electron chi connectivity index (χ3n) is 2.41. The summed E-state index contributed by atoms with van der Waals surface area (Å²) in [7, 11) is 0. The zero-order valence-electron chi connectivity index (χ0n) is 9.43. The number of nitrogens with one attached hydrogen (secondary N) is 1. The number of aromatic hydroxyl groups is 1. The van der Waals surface area contributed by atoms with Crippen molar-refractivity contribution in [3.63, 3.8) is 0 Å². The Bertz CT molecular complexity index is 551. The maximum atomic E-state index is 11.3. The summed E-state index contributed by atoms with van der Waals surface area (Å²) in [5, 5.41) is 13.8. The van der Waals surface area contributed by atoms with Crippen molar-refractivity contribution in [1.29, 1.82) is 0 Å². The van der Waals surface area contributed by atoms with Crippen LogP contribution in [0.4, 0.5) is 10.5 Å². The van der Waals surface area contributed by atoms with Crippen molar-refractivity contribution in [3.8, 4) is 5.75 Å². The van der Waals surface area contributed by atoms with Gasteiger partial charge >= 0.3 is 6.09 Å². The molecule has 88 valence electrons. The predicted octanol–water partition coefficient (Wildman–Crippen LogP) is 3.11. The number of phenols is 1. The Morgan fingerprint density at radius 3 is 2.65 bits per heavy atom. The van der Waals surface area contributed by atoms with Gasteiger partial charge in [0, 0.05) is 10.8 Å². The number of hydrogen-bond donors (Lipinski definition) is 2. The van der Waals surface area contributed by atoms with E-state index in [0.717, 1.165) is 5.39 Å². The Morgan fingerprint density at radius 2 is 1.94 bits per heavy atom. The summed E-state index contributed by atoms with van der Waals surface area (Å²) in [6, 6.07) is 10.5. The van der Waals surface area contributed by atoms with E-state index in [0.29, 0.717) is 17.7 Å². The summed E-state index contributed by atoms with van der Waals surface area (Å²) in [4.78, 5) is 11.3. The number of carbonyl (C=O) groups excluding carboxylic acids is 1. The maximum absolute atomic E-state index is 11.3. The molecule has 0 atom stereocenters. The van der Waals surface area contributed by atoms with E-state index >= 15 is 0 Å². The molecule has 0 radical (unpaired) electrons. The number of anilines is 1. The van der Waals surface area contributed by atoms with Crippen LogP contribution in [0, 0.1) is 0 Å². The Kier molecular flexibility index (Phi) is 3.14. The number of carbonyl (C=O) groups is 1. The van der Waals surface area contributed by atoms with Crippen LogP contribution in [0.15, 0.2) is 36.4 Å². The van der Waals surface area contributed by atoms with E-state index in [-0.39, 0.29) is 5.75 Å². The Labute approximate surface area is 98.8 Å². The molecule has 0 spiro atoms. The van der Waals surface area contributed by atoms with Crippen molar-refractivity contribution in [2.24, 2.45) is 0 Å². The molecule has 0 aromatic heterocycles. The number of rotatable bonds is 2. The first-order chi connectivity index (χ1) is 8.22. The van der Waals surface area contributed by atoms with Crippen molar-refractivity contribution in [2.75, 3.05) is 11.9 Å². The van der Waals surface area contributed by atoms with Gasteiger partial charge in [-0.15, -0.1) is 0 Å². The summed E-state index contributed by atoms with van der Waals surface area (Å²) in [5.74, 6) is 0.190. The molecular weight excluding hydrogens is 218 g/mol. The molecule has 0 aliphatic heterocycles. The highest BCUT2D eigenvalue weighted by Gasteiger charge is 2.07. The van der Waals surface area contributed by atoms with Crippen molar-refractivity contribution >= 4 is 22.6 Å². The Balaban J connectivity index is 2.41. The van der Waals surface area contributed by atoms with Gasteiger partial charge in [0.15, 0.2) is 0 Å². The first kappa shape index (κ1) is 11.3. The van der Waals surface area contributed by atoms with Crippen LogP contribution in [-0.4, -0.2) is 17.8 Å². The van der Waals surface area contributed by atoms with E-state index in [2.05, 4.69) is 5.32 Å². The van der Waals surface area contributed by atoms with E-state index in [9.17, 15) is 9.90 Å². The van der Waals surface area contributed by atoms with Gasteiger partial charge in [0.2, 0.25) is 0 Å². The number of fused-ring (bicyclic) bond motifs is 1. The summed E-state index contributed by atoms with van der Waals surface area (Å²) in [6.07, 6.45) is -0.497. The molecule has 1 amide bonds. The van der Waals surface area contributed by atoms with E-state index in [1.165, 1.54) is 0 Å². The molecule has 2 aromatic carbocycles. The number of phenolic OH excluding ortho intramolecular Hbond substituents is 1. The highest BCUT2D eigenvalue weighted by molar-refractivity contribution is 6.02. The van der Waals surface area contributed by atoms with Crippen LogP contribution in [-0.2, 0) is 4.74 Å². The Morgan fingerprint density at radius 1 is 1.24 bits per heavy atom. The molecule has 2 rings (SSSR count). The lowest BCUT2D eigenvalue weighted by Crippen LogP contribution is -2.13. The largest absolute Gasteiger partial charge is 0.507 e. The molecule has 0 unspecified atom stereocenters. The van der Waals surface area contributed by atoms with Crippen molar-refractivity contribution < 1.29 is 14.6 Å². The number of amides is 1. The minimum Gasteiger partial charge on any atom is -0.507 e. The normalized spacial score (nSPS) is 10.2. The lowest BCUT2D eigenvalue weighted by atomic mass is 10.1. The average Bonchev–Trinajstić information content (AvgIpc) is 2.34. The maximum Gasteiger partial charge on any atom is 0.411 e. The molecule has 0 saturated carbocycles. The fourth-order valence-electron chi connectivity index (χ4n) is 1.67. The summed E-state index contributed by atoms with van der Waals surface area (Å²) >= 11 is 0. The molecule has 17 heavy (non-hydrogen) atoms. The topological polar surface area (TPSA) is 58.6 Å². The van der Waals surface area contributed by atoms with Gasteiger partial charge in [0.05, 0.1) is 12.3 Å². The van der Waals surface area contributed by atoms with Crippen LogP contribution in [0.2, 0.25) is 0 Å². The van der Waals surface area contributed by atoms with Crippen molar-refractivity contribution in [1.82, 2.24) is 0 Å². The predicted molar refractivity (Wildman–Crippen MR) is 66.3 cm³/mol. The van der Waals surface area contributed by atoms with Gasteiger partial charge in [-0.1, -0.05) is 24.3 Å². The standard InChI is InChI=1S/C13H13NO3/c1-2-17-13(16)14-11-7-8-12(15)10-6-4-3-5-9(10)11/h3-8,15H,2H2,1H3,(H,14,16). The second-order valence-corrected chi connectivity index (χ2v) is 3.52. The molecule has 0 saturated heterocycles. The molecule has 4 nitrogen and oxygen atoms in total. The second-order valence-electron chi connectivity index (χ2n) is 3.52. The molecule has 0 bridgehead atoms. The molecule has 2 aromatic rings. The SMILES string of the molecule is CCOC(=O)Nc1ccc(O)c2ccccc12. The zero-order chi connectivity index (χ0) is 12.3. The quantitative estimate of drug-likeness (QED) is 0.781. The van der Waals surface area contributed by atoms with Gasteiger partial charge in [0.25, 0.3) is 0 Å². The van der Waals surface area contributed by atoms with E-state index in [4.69, 9.17) is 4.74 Å². The molecule has 4 heteroatoms. The van der Waals surface area contributed by atoms with Crippen molar-refractivity contribution in [3.05, 3.63) is 36.4 Å². The van der Waals surface area contributed by atoms with Crippen LogP contribution >= 0.6 is 0 Å². The first-order valence-electron chi connectivity index (χ1n) is 5.37. The number of benzene rings is 2. The highest BCUT2D eigenvalue weighted by Crippen LogP contribution is 2.30. The lowest BCUT2D eigenvalue weighted by Gasteiger charge is -2.09. The van der Waals surface area contributed by atoms with Crippen LogP contribution in [0.5, 0.6) is 5.75 Å². The Hall–Kier alpha value is -2.23. The van der Waals surface area contributed by atoms with Crippen molar-refractivity contribution in [2.45, 2.75) is 6.92 Å². The van der Waals surface area contributed by atoms with Crippen LogP contribution in [0.1, 0.15) is 6.92 Å². The van der Waals surface area contributed by atoms with Crippen LogP contribution in [0.3, 0.4) is 0 Å². The molecule has 0 aliphatic carbocycles. The summed E-state index contributed by atoms with van der Waals surface area (Å²) < 4.78 is 4.81. The monoisotopic (exact) mass is 231 g/mol. The summed E-state index contributed by atoms with van der Waals surface area (Å²) in [5.41, 5.74) is 0.622. The van der Waals surface area contributed by atoms with E-state index in [1.807, 2.05) is 18.2 Å². The first-order valence-corrected chi connectivity index (χ1v) is 5.37. The molecule has 0 aliphatic rings. The minimum absolute atomic E-state index is 0.190. The van der Waals surface area contributed by atoms with Gasteiger partial charge in [-0.05, 0) is 19.1 Å². The number of hydrogen-bond acceptors (Lipinski definition) is 3. The third-order valence-corrected chi connectivity index (χ3v) is 2.41. The zero-order valence-corrected chi connectivity index (χ0v) is 9.43. The highest BCUT2D eigenvalue weighted by atomic mass is 16.5. The minimum atomic E-state index is -0.497. The average molecular weight is 231 g/mol. The van der Waals surface area contributed by atoms with E-state index < -0.39 is 6.09 Å². The third kappa shape index (κ3) is 2.30. The molecule has 0 heterocycles. The fraction of sp³-hybridized carbons (Fsp3) is 0.154. The number of ether oxygens (including phenoxy) is 1. The van der Waals surface area contributed by atoms with Gasteiger partial charge in [-0.2, -0.15) is 0 Å². The van der Waals surface area contributed by atoms with Gasteiger partial charge in [-0.25, -0.2) is 4.79 Å². The fourth-order valence-corrected chi connectivity index (χ4v) is 1.67. The molecule has 0 fully saturated rings. The second kappa shape index (κ2) is 4.74. The van der Waals surface area contributed by atoms with Gasteiger partial charge < -0.3 is 9.84 Å². The van der Waals surface area contributed by atoms with Crippen LogP contribution in [0.25, 0.3) is 10.8 Å². The van der Waals surface area contributed by atoms with Gasteiger partial charge in [-0.3, -0.25) is 5.32 Å². The summed E-state index contributed by atoms with van der Waals surface area (Å²) in [6.45, 7) is 2.07. The lowest BCUT2D eigenvalue weighted by molar-refractivity contribution is 0.168.